The van der Waals surface area contributed by atoms with Crippen molar-refractivity contribution in [2.24, 2.45) is 10.8 Å². The van der Waals surface area contributed by atoms with Crippen molar-refractivity contribution in [1.82, 2.24) is 10.3 Å². The van der Waals surface area contributed by atoms with Gasteiger partial charge in [0, 0.05) is 16.9 Å². The zero-order chi connectivity index (χ0) is 19.2. The molecule has 1 aliphatic rings. The van der Waals surface area contributed by atoms with Gasteiger partial charge in [-0.2, -0.15) is 18.4 Å². The van der Waals surface area contributed by atoms with Crippen LogP contribution >= 0.6 is 0 Å². The van der Waals surface area contributed by atoms with Crippen molar-refractivity contribution in [3.05, 3.63) is 23.5 Å². The van der Waals surface area contributed by atoms with Gasteiger partial charge in [0.05, 0.1) is 11.8 Å². The van der Waals surface area contributed by atoms with Gasteiger partial charge >= 0.3 is 12.3 Å². The van der Waals surface area contributed by atoms with Gasteiger partial charge in [0.15, 0.2) is 5.69 Å². The third-order valence-electron chi connectivity index (χ3n) is 4.64. The third-order valence-corrected chi connectivity index (χ3v) is 4.64. The highest BCUT2D eigenvalue weighted by Gasteiger charge is 2.64. The number of carboxylic acid groups (broad SMARTS) is 1. The molecule has 2 N–H and O–H groups in total. The highest BCUT2D eigenvalue weighted by molar-refractivity contribution is 5.65. The quantitative estimate of drug-likeness (QED) is 0.864. The molecule has 1 fully saturated rings. The molecule has 1 aliphatic carbocycles. The number of aromatic nitrogens is 1. The average molecular weight is 357 g/mol. The zero-order valence-corrected chi connectivity index (χ0v) is 14.1. The van der Waals surface area contributed by atoms with Gasteiger partial charge in [-0.15, -0.1) is 0 Å². The van der Waals surface area contributed by atoms with Gasteiger partial charge in [0.1, 0.15) is 17.9 Å². The van der Waals surface area contributed by atoms with E-state index in [4.69, 9.17) is 15.1 Å². The number of hydrogen-bond donors (Lipinski definition) is 2. The molecule has 1 saturated carbocycles. The van der Waals surface area contributed by atoms with Crippen LogP contribution in [0.25, 0.3) is 0 Å². The van der Waals surface area contributed by atoms with Crippen molar-refractivity contribution < 1.29 is 27.8 Å². The summed E-state index contributed by atoms with van der Waals surface area (Å²) in [6, 6.07) is 1.72. The fraction of sp³-hybridized carbons (Fsp3) is 0.562. The predicted octanol–water partition coefficient (Wildman–Crippen LogP) is 3.42. The highest BCUT2D eigenvalue weighted by Crippen LogP contribution is 2.55. The first kappa shape index (κ1) is 18.8. The van der Waals surface area contributed by atoms with Crippen LogP contribution in [0.3, 0.4) is 0 Å². The van der Waals surface area contributed by atoms with E-state index in [1.54, 1.807) is 27.7 Å². The lowest BCUT2D eigenvalue weighted by molar-refractivity contribution is -0.165. The number of hydrogen-bond acceptors (Lipinski definition) is 4. The first-order valence-corrected chi connectivity index (χ1v) is 7.45. The molecular formula is C16H18F3N3O3. The summed E-state index contributed by atoms with van der Waals surface area (Å²) in [5.74, 6) is -0.119. The Balaban J connectivity index is 2.32. The fourth-order valence-corrected chi connectivity index (χ4v) is 3.87. The Hall–Kier alpha value is -2.50. The van der Waals surface area contributed by atoms with Crippen molar-refractivity contribution in [3.8, 4) is 11.8 Å². The lowest BCUT2D eigenvalue weighted by Gasteiger charge is -2.62. The van der Waals surface area contributed by atoms with Crippen LogP contribution in [0.5, 0.6) is 5.75 Å². The van der Waals surface area contributed by atoms with Crippen molar-refractivity contribution >= 4 is 6.09 Å². The topological polar surface area (TPSA) is 95.2 Å². The Bertz CT molecular complexity index is 722. The maximum Gasteiger partial charge on any atom is 0.419 e. The van der Waals surface area contributed by atoms with E-state index in [0.29, 0.717) is 0 Å². The molecule has 0 aliphatic heterocycles. The molecule has 1 aromatic heterocycles. The van der Waals surface area contributed by atoms with Crippen molar-refractivity contribution in [2.45, 2.75) is 46.0 Å². The summed E-state index contributed by atoms with van der Waals surface area (Å²) in [6.07, 6.45) is -5.38. The van der Waals surface area contributed by atoms with Crippen molar-refractivity contribution in [2.75, 3.05) is 0 Å². The van der Waals surface area contributed by atoms with Crippen LogP contribution in [0.15, 0.2) is 12.3 Å². The highest BCUT2D eigenvalue weighted by atomic mass is 19.4. The van der Waals surface area contributed by atoms with E-state index in [-0.39, 0.29) is 5.75 Å². The smallest absolute Gasteiger partial charge is 0.419 e. The number of nitrogens with one attached hydrogen (secondary N) is 1. The largest absolute Gasteiger partial charge is 0.488 e. The van der Waals surface area contributed by atoms with Crippen LogP contribution in [0, 0.1) is 22.2 Å². The Kier molecular flexibility index (Phi) is 4.36. The molecule has 25 heavy (non-hydrogen) atoms. The number of nitrogens with zero attached hydrogens (tertiary/aromatic N) is 2. The molecule has 0 radical (unpaired) electrons. The molecule has 0 bridgehead atoms. The fourth-order valence-electron chi connectivity index (χ4n) is 3.87. The van der Waals surface area contributed by atoms with E-state index < -0.39 is 46.5 Å². The van der Waals surface area contributed by atoms with Crippen LogP contribution in [0.2, 0.25) is 0 Å². The second-order valence-corrected chi connectivity index (χ2v) is 7.20. The van der Waals surface area contributed by atoms with Gasteiger partial charge in [-0.25, -0.2) is 9.78 Å². The number of halogens is 3. The number of carbonyl (C=O) groups is 1. The number of alkyl halides is 3. The summed E-state index contributed by atoms with van der Waals surface area (Å²) in [7, 11) is 0. The minimum Gasteiger partial charge on any atom is -0.488 e. The maximum atomic E-state index is 13.0. The number of rotatable bonds is 3. The van der Waals surface area contributed by atoms with E-state index in [1.165, 1.54) is 6.07 Å². The van der Waals surface area contributed by atoms with Gasteiger partial charge in [-0.1, -0.05) is 27.7 Å². The molecule has 0 aromatic carbocycles. The molecule has 0 spiro atoms. The van der Waals surface area contributed by atoms with Crippen molar-refractivity contribution in [1.29, 1.82) is 5.26 Å². The van der Waals surface area contributed by atoms with Gasteiger partial charge in [-0.3, -0.25) is 0 Å². The molecule has 1 amide bonds. The zero-order valence-electron chi connectivity index (χ0n) is 14.1. The molecule has 2 rings (SSSR count). The molecule has 6 nitrogen and oxygen atoms in total. The second kappa shape index (κ2) is 5.79. The molecule has 1 aromatic rings. The van der Waals surface area contributed by atoms with E-state index in [9.17, 15) is 18.0 Å². The summed E-state index contributed by atoms with van der Waals surface area (Å²) in [5.41, 5.74) is -3.18. The van der Waals surface area contributed by atoms with Crippen LogP contribution < -0.4 is 10.1 Å². The Morgan fingerprint density at radius 3 is 2.36 bits per heavy atom. The molecular weight excluding hydrogens is 339 g/mol. The van der Waals surface area contributed by atoms with Crippen LogP contribution in [0.1, 0.15) is 39.0 Å². The molecule has 0 unspecified atom stereocenters. The Labute approximate surface area is 142 Å². The maximum absolute atomic E-state index is 13.0. The summed E-state index contributed by atoms with van der Waals surface area (Å²) in [4.78, 5) is 14.5. The molecule has 1 heterocycles. The monoisotopic (exact) mass is 357 g/mol. The molecule has 0 atom stereocenters. The molecule has 0 saturated heterocycles. The summed E-state index contributed by atoms with van der Waals surface area (Å²) in [6.45, 7) is 7.08. The van der Waals surface area contributed by atoms with E-state index in [2.05, 4.69) is 10.3 Å². The first-order chi connectivity index (χ1) is 11.3. The van der Waals surface area contributed by atoms with Gasteiger partial charge in [0.2, 0.25) is 0 Å². The second-order valence-electron chi connectivity index (χ2n) is 7.20. The number of pyridine rings is 1. The predicted molar refractivity (Wildman–Crippen MR) is 80.9 cm³/mol. The normalized spacial score (nSPS) is 23.9. The van der Waals surface area contributed by atoms with Gasteiger partial charge in [0.25, 0.3) is 0 Å². The van der Waals surface area contributed by atoms with E-state index >= 15 is 0 Å². The average Bonchev–Trinajstić information content (AvgIpc) is 2.48. The molecule has 9 heteroatoms. The summed E-state index contributed by atoms with van der Waals surface area (Å²) >= 11 is 0. The Morgan fingerprint density at radius 1 is 1.36 bits per heavy atom. The Morgan fingerprint density at radius 2 is 1.92 bits per heavy atom. The van der Waals surface area contributed by atoms with Gasteiger partial charge < -0.3 is 15.2 Å². The molecule has 136 valence electrons. The lowest BCUT2D eigenvalue weighted by atomic mass is 9.49. The summed E-state index contributed by atoms with van der Waals surface area (Å²) < 4.78 is 44.8. The minimum absolute atomic E-state index is 0.119. The number of nitriles is 1. The van der Waals surface area contributed by atoms with Crippen LogP contribution in [0.4, 0.5) is 18.0 Å². The SMILES string of the molecule is CC1(C)[C@H](NC(=O)O)C(C)(C)[C@H]1Oc1cnc(C#N)c(C(F)(F)F)c1. The number of ether oxygens (including phenoxy) is 1. The lowest BCUT2D eigenvalue weighted by Crippen LogP contribution is -2.74. The van der Waals surface area contributed by atoms with Crippen LogP contribution in [-0.2, 0) is 6.18 Å². The standard InChI is InChI=1S/C16H18F3N3O3/c1-14(2)11(22-13(23)24)15(3,4)12(14)25-8-5-9(16(17,18)19)10(6-20)21-7-8/h5,7,11-12,22H,1-4H3,(H,23,24)/t11-,12-. The number of amides is 1. The van der Waals surface area contributed by atoms with Crippen LogP contribution in [-0.4, -0.2) is 28.3 Å². The van der Waals surface area contributed by atoms with Crippen molar-refractivity contribution in [3.63, 3.8) is 0 Å². The van der Waals surface area contributed by atoms with Gasteiger partial charge in [-0.05, 0) is 6.07 Å². The van der Waals surface area contributed by atoms with E-state index in [0.717, 1.165) is 12.3 Å². The first-order valence-electron chi connectivity index (χ1n) is 7.45. The van der Waals surface area contributed by atoms with E-state index in [1.807, 2.05) is 0 Å². The minimum atomic E-state index is -4.73. The third kappa shape index (κ3) is 3.21. The summed E-state index contributed by atoms with van der Waals surface area (Å²) in [5, 5.41) is 20.2.